The molecule has 2 fully saturated rings. The Morgan fingerprint density at radius 3 is 2.47 bits per heavy atom. The minimum Gasteiger partial charge on any atom is -0.380 e. The van der Waals surface area contributed by atoms with E-state index >= 15 is 0 Å². The highest BCUT2D eigenvalue weighted by atomic mass is 16.5. The van der Waals surface area contributed by atoms with Crippen LogP contribution in [0.4, 0.5) is 0 Å². The fraction of sp³-hybridized carbons (Fsp3) is 1.00. The van der Waals surface area contributed by atoms with E-state index in [1.807, 2.05) is 0 Å². The zero-order valence-corrected chi connectivity index (χ0v) is 10.2. The third-order valence-electron chi connectivity index (χ3n) is 4.57. The zero-order valence-electron chi connectivity index (χ0n) is 10.2. The molecular weight excluding hydrogens is 188 g/mol. The number of nitrogens with zero attached hydrogens (tertiary/aromatic N) is 1. The van der Waals surface area contributed by atoms with Crippen LogP contribution in [0.2, 0.25) is 0 Å². The summed E-state index contributed by atoms with van der Waals surface area (Å²) in [7, 11) is 0. The van der Waals surface area contributed by atoms with Crippen molar-refractivity contribution in [2.24, 2.45) is 17.1 Å². The highest BCUT2D eigenvalue weighted by molar-refractivity contribution is 4.96. The number of hydrogen-bond donors (Lipinski definition) is 1. The molecule has 1 spiro atoms. The van der Waals surface area contributed by atoms with Crippen molar-refractivity contribution in [2.75, 3.05) is 26.3 Å². The molecule has 2 rings (SSSR count). The molecule has 2 aliphatic heterocycles. The van der Waals surface area contributed by atoms with Gasteiger partial charge in [0.15, 0.2) is 0 Å². The monoisotopic (exact) mass is 212 g/mol. The molecule has 2 aliphatic rings. The molecule has 15 heavy (non-hydrogen) atoms. The van der Waals surface area contributed by atoms with E-state index in [1.54, 1.807) is 0 Å². The maximum atomic E-state index is 5.96. The van der Waals surface area contributed by atoms with E-state index < -0.39 is 0 Å². The smallest absolute Gasteiger partial charge is 0.0548 e. The molecule has 3 atom stereocenters. The molecule has 88 valence electrons. The summed E-state index contributed by atoms with van der Waals surface area (Å²) in [5.41, 5.74) is 6.47. The van der Waals surface area contributed by atoms with Gasteiger partial charge in [-0.25, -0.2) is 0 Å². The molecule has 0 saturated carbocycles. The standard InChI is InChI=1S/C12H24N2O/c1-9-6-14(11(3)10(2)13)5-4-12(9)7-15-8-12/h9-11H,4-8,13H2,1-3H3. The number of rotatable bonds is 2. The van der Waals surface area contributed by atoms with E-state index in [4.69, 9.17) is 10.5 Å². The molecular formula is C12H24N2O. The van der Waals surface area contributed by atoms with Crippen LogP contribution >= 0.6 is 0 Å². The van der Waals surface area contributed by atoms with Crippen LogP contribution in [0.3, 0.4) is 0 Å². The van der Waals surface area contributed by atoms with Crippen molar-refractivity contribution in [3.63, 3.8) is 0 Å². The predicted octanol–water partition coefficient (Wildman–Crippen LogP) is 1.08. The highest BCUT2D eigenvalue weighted by Gasteiger charge is 2.46. The van der Waals surface area contributed by atoms with Crippen LogP contribution < -0.4 is 5.73 Å². The van der Waals surface area contributed by atoms with E-state index in [2.05, 4.69) is 25.7 Å². The largest absolute Gasteiger partial charge is 0.380 e. The molecule has 0 aromatic carbocycles. The molecule has 2 saturated heterocycles. The lowest BCUT2D eigenvalue weighted by molar-refractivity contribution is -0.171. The Balaban J connectivity index is 1.93. The number of likely N-dealkylation sites (tertiary alicyclic amines) is 1. The molecule has 2 heterocycles. The van der Waals surface area contributed by atoms with Gasteiger partial charge in [0.05, 0.1) is 13.2 Å². The van der Waals surface area contributed by atoms with E-state index in [1.165, 1.54) is 19.5 Å². The van der Waals surface area contributed by atoms with Crippen molar-refractivity contribution in [3.05, 3.63) is 0 Å². The van der Waals surface area contributed by atoms with Crippen LogP contribution in [0, 0.1) is 11.3 Å². The predicted molar refractivity (Wildman–Crippen MR) is 61.7 cm³/mol. The Labute approximate surface area is 93.0 Å². The van der Waals surface area contributed by atoms with Crippen molar-refractivity contribution in [3.8, 4) is 0 Å². The molecule has 0 radical (unpaired) electrons. The first-order valence-electron chi connectivity index (χ1n) is 6.12. The van der Waals surface area contributed by atoms with Gasteiger partial charge in [-0.3, -0.25) is 4.90 Å². The van der Waals surface area contributed by atoms with Gasteiger partial charge < -0.3 is 10.5 Å². The van der Waals surface area contributed by atoms with Gasteiger partial charge in [-0.2, -0.15) is 0 Å². The van der Waals surface area contributed by atoms with Gasteiger partial charge in [-0.1, -0.05) is 6.92 Å². The summed E-state index contributed by atoms with van der Waals surface area (Å²) >= 11 is 0. The molecule has 3 nitrogen and oxygen atoms in total. The van der Waals surface area contributed by atoms with E-state index in [9.17, 15) is 0 Å². The Morgan fingerprint density at radius 1 is 1.40 bits per heavy atom. The number of ether oxygens (including phenoxy) is 1. The lowest BCUT2D eigenvalue weighted by Crippen LogP contribution is -2.59. The third kappa shape index (κ3) is 1.93. The lowest BCUT2D eigenvalue weighted by Gasteiger charge is -2.53. The molecule has 0 aromatic rings. The van der Waals surface area contributed by atoms with Crippen LogP contribution in [0.25, 0.3) is 0 Å². The Bertz CT molecular complexity index is 226. The Kier molecular flexibility index (Phi) is 3.06. The van der Waals surface area contributed by atoms with Gasteiger partial charge in [-0.05, 0) is 32.7 Å². The summed E-state index contributed by atoms with van der Waals surface area (Å²) < 4.78 is 5.39. The molecule has 0 bridgehead atoms. The van der Waals surface area contributed by atoms with Crippen LogP contribution in [0.5, 0.6) is 0 Å². The van der Waals surface area contributed by atoms with Gasteiger partial charge in [0.25, 0.3) is 0 Å². The average molecular weight is 212 g/mol. The second-order valence-electron chi connectivity index (χ2n) is 5.60. The minimum absolute atomic E-state index is 0.267. The van der Waals surface area contributed by atoms with Crippen molar-refractivity contribution in [1.82, 2.24) is 4.90 Å². The Hall–Kier alpha value is -0.120. The van der Waals surface area contributed by atoms with Gasteiger partial charge in [-0.15, -0.1) is 0 Å². The van der Waals surface area contributed by atoms with E-state index in [0.717, 1.165) is 19.1 Å². The molecule has 2 N–H and O–H groups in total. The maximum absolute atomic E-state index is 5.96. The lowest BCUT2D eigenvalue weighted by atomic mass is 9.69. The molecule has 3 unspecified atom stereocenters. The molecule has 3 heteroatoms. The van der Waals surface area contributed by atoms with Crippen molar-refractivity contribution in [2.45, 2.75) is 39.3 Å². The van der Waals surface area contributed by atoms with Gasteiger partial charge in [0.2, 0.25) is 0 Å². The SMILES string of the molecule is CC(N)C(C)N1CCC2(COC2)C(C)C1. The van der Waals surface area contributed by atoms with Crippen LogP contribution in [0.1, 0.15) is 27.2 Å². The first kappa shape index (κ1) is 11.4. The van der Waals surface area contributed by atoms with Gasteiger partial charge in [0.1, 0.15) is 0 Å². The second-order valence-corrected chi connectivity index (χ2v) is 5.60. The zero-order chi connectivity index (χ0) is 11.1. The molecule has 0 aromatic heterocycles. The quantitative estimate of drug-likeness (QED) is 0.744. The van der Waals surface area contributed by atoms with Gasteiger partial charge >= 0.3 is 0 Å². The van der Waals surface area contributed by atoms with Gasteiger partial charge in [0, 0.05) is 24.0 Å². The number of hydrogen-bond acceptors (Lipinski definition) is 3. The number of nitrogens with two attached hydrogens (primary N) is 1. The third-order valence-corrected chi connectivity index (χ3v) is 4.57. The summed E-state index contributed by atoms with van der Waals surface area (Å²) in [5, 5.41) is 0. The fourth-order valence-corrected chi connectivity index (χ4v) is 2.74. The minimum atomic E-state index is 0.267. The van der Waals surface area contributed by atoms with Crippen LogP contribution in [-0.4, -0.2) is 43.3 Å². The van der Waals surface area contributed by atoms with E-state index in [0.29, 0.717) is 11.5 Å². The summed E-state index contributed by atoms with van der Waals surface area (Å²) in [6.07, 6.45) is 1.28. The summed E-state index contributed by atoms with van der Waals surface area (Å²) in [4.78, 5) is 2.54. The van der Waals surface area contributed by atoms with Crippen LogP contribution in [-0.2, 0) is 4.74 Å². The number of piperidine rings is 1. The van der Waals surface area contributed by atoms with Crippen LogP contribution in [0.15, 0.2) is 0 Å². The van der Waals surface area contributed by atoms with Crippen molar-refractivity contribution >= 4 is 0 Å². The summed E-state index contributed by atoms with van der Waals surface area (Å²) in [5.74, 6) is 0.751. The average Bonchev–Trinajstić information content (AvgIpc) is 2.13. The maximum Gasteiger partial charge on any atom is 0.0548 e. The van der Waals surface area contributed by atoms with E-state index in [-0.39, 0.29) is 6.04 Å². The first-order chi connectivity index (χ1) is 7.05. The van der Waals surface area contributed by atoms with Crippen molar-refractivity contribution < 1.29 is 4.74 Å². The van der Waals surface area contributed by atoms with Crippen molar-refractivity contribution in [1.29, 1.82) is 0 Å². The normalized spacial score (nSPS) is 34.8. The summed E-state index contributed by atoms with van der Waals surface area (Å²) in [6, 6.07) is 0.773. The first-order valence-corrected chi connectivity index (χ1v) is 6.12. The molecule has 0 amide bonds. The second kappa shape index (κ2) is 4.04. The topological polar surface area (TPSA) is 38.5 Å². The highest BCUT2D eigenvalue weighted by Crippen LogP contribution is 2.42. The fourth-order valence-electron chi connectivity index (χ4n) is 2.74. The summed E-state index contributed by atoms with van der Waals surface area (Å²) in [6.45, 7) is 11.0. The Morgan fingerprint density at radius 2 is 2.07 bits per heavy atom. The molecule has 0 aliphatic carbocycles.